The van der Waals surface area contributed by atoms with Crippen molar-refractivity contribution >= 4 is 0 Å². The third-order valence-corrected chi connectivity index (χ3v) is 2.78. The fourth-order valence-electron chi connectivity index (χ4n) is 1.71. The van der Waals surface area contributed by atoms with Crippen LogP contribution in [0.2, 0.25) is 0 Å². The summed E-state index contributed by atoms with van der Waals surface area (Å²) in [7, 11) is 0. The van der Waals surface area contributed by atoms with Crippen LogP contribution in [0.3, 0.4) is 0 Å². The Morgan fingerprint density at radius 2 is 1.94 bits per heavy atom. The third kappa shape index (κ3) is 6.81. The van der Waals surface area contributed by atoms with E-state index in [4.69, 9.17) is 5.73 Å². The van der Waals surface area contributed by atoms with Crippen molar-refractivity contribution in [1.29, 1.82) is 0 Å². The topological polar surface area (TPSA) is 26.0 Å². The number of hydrogen-bond acceptors (Lipinski definition) is 1. The molecule has 0 saturated heterocycles. The highest BCUT2D eigenvalue weighted by molar-refractivity contribution is 5.16. The predicted molar refractivity (Wildman–Crippen MR) is 74.7 cm³/mol. The molecule has 0 aliphatic heterocycles. The summed E-state index contributed by atoms with van der Waals surface area (Å²) in [6.45, 7) is 2.21. The number of unbranched alkanes of at least 4 members (excludes halogenated alkanes) is 3. The standard InChI is InChI=1S/C16H23N/c1-2-3-4-5-9-12-16(17)14-13-15-10-7-6-8-11-15/h6-8,10-11,16H,2-5,13-14,17H2,1H3/t16-/m0/s1. The molecule has 0 unspecified atom stereocenters. The second kappa shape index (κ2) is 8.84. The molecule has 0 saturated carbocycles. The third-order valence-electron chi connectivity index (χ3n) is 2.78. The minimum atomic E-state index is 0.0248. The van der Waals surface area contributed by atoms with Gasteiger partial charge in [-0.15, -0.1) is 5.92 Å². The van der Waals surface area contributed by atoms with Gasteiger partial charge in [0.05, 0.1) is 6.04 Å². The Labute approximate surface area is 105 Å². The number of hydrogen-bond donors (Lipinski definition) is 1. The van der Waals surface area contributed by atoms with Gasteiger partial charge in [0.2, 0.25) is 0 Å². The zero-order chi connectivity index (χ0) is 12.3. The number of nitrogens with two attached hydrogens (primary N) is 1. The van der Waals surface area contributed by atoms with Crippen molar-refractivity contribution in [3.63, 3.8) is 0 Å². The van der Waals surface area contributed by atoms with E-state index in [2.05, 4.69) is 43.0 Å². The van der Waals surface area contributed by atoms with Crippen molar-refractivity contribution in [2.75, 3.05) is 0 Å². The largest absolute Gasteiger partial charge is 0.318 e. The lowest BCUT2D eigenvalue weighted by atomic mass is 10.1. The van der Waals surface area contributed by atoms with Gasteiger partial charge in [-0.1, -0.05) is 56.0 Å². The fraction of sp³-hybridized carbons (Fsp3) is 0.500. The van der Waals surface area contributed by atoms with Gasteiger partial charge in [-0.2, -0.15) is 0 Å². The van der Waals surface area contributed by atoms with Gasteiger partial charge in [-0.05, 0) is 24.8 Å². The molecule has 0 aromatic heterocycles. The molecule has 92 valence electrons. The molecule has 1 rings (SSSR count). The van der Waals surface area contributed by atoms with Gasteiger partial charge >= 0.3 is 0 Å². The Morgan fingerprint density at radius 3 is 2.65 bits per heavy atom. The van der Waals surface area contributed by atoms with Crippen LogP contribution in [0.15, 0.2) is 30.3 Å². The van der Waals surface area contributed by atoms with E-state index in [1.54, 1.807) is 0 Å². The first kappa shape index (κ1) is 13.8. The Balaban J connectivity index is 2.18. The quantitative estimate of drug-likeness (QED) is 0.586. The molecule has 0 radical (unpaired) electrons. The summed E-state index contributed by atoms with van der Waals surface area (Å²) < 4.78 is 0. The molecule has 0 spiro atoms. The van der Waals surface area contributed by atoms with Crippen molar-refractivity contribution in [2.24, 2.45) is 5.73 Å². The summed E-state index contributed by atoms with van der Waals surface area (Å²) in [5.41, 5.74) is 7.31. The molecule has 0 aliphatic rings. The van der Waals surface area contributed by atoms with Gasteiger partial charge in [-0.3, -0.25) is 0 Å². The van der Waals surface area contributed by atoms with Crippen LogP contribution in [-0.4, -0.2) is 6.04 Å². The van der Waals surface area contributed by atoms with Crippen LogP contribution in [0.4, 0.5) is 0 Å². The number of benzene rings is 1. The second-order valence-corrected chi connectivity index (χ2v) is 4.41. The van der Waals surface area contributed by atoms with Crippen molar-refractivity contribution in [3.05, 3.63) is 35.9 Å². The van der Waals surface area contributed by atoms with Crippen LogP contribution in [0.25, 0.3) is 0 Å². The highest BCUT2D eigenvalue weighted by atomic mass is 14.6. The van der Waals surface area contributed by atoms with Gasteiger partial charge in [0, 0.05) is 6.42 Å². The maximum Gasteiger partial charge on any atom is 0.0667 e. The lowest BCUT2D eigenvalue weighted by Gasteiger charge is -2.04. The van der Waals surface area contributed by atoms with Gasteiger partial charge in [0.1, 0.15) is 0 Å². The van der Waals surface area contributed by atoms with E-state index in [1.807, 2.05) is 6.07 Å². The lowest BCUT2D eigenvalue weighted by Crippen LogP contribution is -2.18. The molecular weight excluding hydrogens is 206 g/mol. The van der Waals surface area contributed by atoms with E-state index in [0.717, 1.165) is 19.3 Å². The highest BCUT2D eigenvalue weighted by Gasteiger charge is 1.98. The molecule has 0 bridgehead atoms. The molecule has 0 fully saturated rings. The number of aryl methyl sites for hydroxylation is 1. The minimum absolute atomic E-state index is 0.0248. The SMILES string of the molecule is CCCCCC#C[C@H](N)CCc1ccccc1. The summed E-state index contributed by atoms with van der Waals surface area (Å²) in [5.74, 6) is 6.32. The van der Waals surface area contributed by atoms with Crippen molar-refractivity contribution in [1.82, 2.24) is 0 Å². The fourth-order valence-corrected chi connectivity index (χ4v) is 1.71. The summed E-state index contributed by atoms with van der Waals surface area (Å²) in [4.78, 5) is 0. The number of rotatable bonds is 6. The smallest absolute Gasteiger partial charge is 0.0667 e. The molecule has 1 nitrogen and oxygen atoms in total. The lowest BCUT2D eigenvalue weighted by molar-refractivity contribution is 0.726. The first-order valence-electron chi connectivity index (χ1n) is 6.61. The molecule has 1 heteroatoms. The van der Waals surface area contributed by atoms with E-state index in [-0.39, 0.29) is 6.04 Å². The van der Waals surface area contributed by atoms with Crippen molar-refractivity contribution in [3.8, 4) is 11.8 Å². The van der Waals surface area contributed by atoms with E-state index < -0.39 is 0 Å². The summed E-state index contributed by atoms with van der Waals surface area (Å²) in [6, 6.07) is 10.5. The first-order valence-corrected chi connectivity index (χ1v) is 6.61. The molecular formula is C16H23N. The monoisotopic (exact) mass is 229 g/mol. The Bertz CT molecular complexity index is 345. The Hall–Kier alpha value is -1.26. The van der Waals surface area contributed by atoms with Gasteiger partial charge in [0.25, 0.3) is 0 Å². The summed E-state index contributed by atoms with van der Waals surface area (Å²) >= 11 is 0. The van der Waals surface area contributed by atoms with E-state index in [9.17, 15) is 0 Å². The maximum atomic E-state index is 5.96. The van der Waals surface area contributed by atoms with Crippen LogP contribution in [-0.2, 0) is 6.42 Å². The van der Waals surface area contributed by atoms with Crippen molar-refractivity contribution in [2.45, 2.75) is 51.5 Å². The second-order valence-electron chi connectivity index (χ2n) is 4.41. The van der Waals surface area contributed by atoms with Crippen LogP contribution in [0, 0.1) is 11.8 Å². The predicted octanol–water partition coefficient (Wildman–Crippen LogP) is 3.53. The average molecular weight is 229 g/mol. The van der Waals surface area contributed by atoms with Gasteiger partial charge < -0.3 is 5.73 Å². The Kier molecular flexibility index (Phi) is 7.18. The van der Waals surface area contributed by atoms with Crippen LogP contribution in [0.1, 0.15) is 44.6 Å². The van der Waals surface area contributed by atoms with Crippen molar-refractivity contribution < 1.29 is 0 Å². The molecule has 0 amide bonds. The van der Waals surface area contributed by atoms with Gasteiger partial charge in [-0.25, -0.2) is 0 Å². The average Bonchev–Trinajstić information content (AvgIpc) is 2.37. The molecule has 2 N–H and O–H groups in total. The summed E-state index contributed by atoms with van der Waals surface area (Å²) in [5, 5.41) is 0. The normalized spacial score (nSPS) is 11.6. The highest BCUT2D eigenvalue weighted by Crippen LogP contribution is 2.03. The van der Waals surface area contributed by atoms with Crippen LogP contribution < -0.4 is 5.73 Å². The minimum Gasteiger partial charge on any atom is -0.318 e. The van der Waals surface area contributed by atoms with Crippen LogP contribution in [0.5, 0.6) is 0 Å². The molecule has 1 aromatic carbocycles. The zero-order valence-electron chi connectivity index (χ0n) is 10.8. The molecule has 0 heterocycles. The summed E-state index contributed by atoms with van der Waals surface area (Å²) in [6.07, 6.45) is 6.69. The Morgan fingerprint density at radius 1 is 1.18 bits per heavy atom. The van der Waals surface area contributed by atoms with Gasteiger partial charge in [0.15, 0.2) is 0 Å². The molecule has 1 aromatic rings. The van der Waals surface area contributed by atoms with E-state index >= 15 is 0 Å². The molecule has 17 heavy (non-hydrogen) atoms. The van der Waals surface area contributed by atoms with E-state index in [0.29, 0.717) is 0 Å². The maximum absolute atomic E-state index is 5.96. The first-order chi connectivity index (χ1) is 8.33. The molecule has 1 atom stereocenters. The zero-order valence-corrected chi connectivity index (χ0v) is 10.8. The van der Waals surface area contributed by atoms with Crippen LogP contribution >= 0.6 is 0 Å². The molecule has 0 aliphatic carbocycles. The van der Waals surface area contributed by atoms with E-state index in [1.165, 1.54) is 24.8 Å².